The van der Waals surface area contributed by atoms with E-state index in [1.807, 2.05) is 0 Å². The Morgan fingerprint density at radius 3 is 2.43 bits per heavy atom. The van der Waals surface area contributed by atoms with Crippen LogP contribution in [0.25, 0.3) is 0 Å². The van der Waals surface area contributed by atoms with Gasteiger partial charge in [0.05, 0.1) is 0 Å². The van der Waals surface area contributed by atoms with Gasteiger partial charge in [-0.15, -0.1) is 0 Å². The third kappa shape index (κ3) is 2.45. The summed E-state index contributed by atoms with van der Waals surface area (Å²) in [6.45, 7) is 3.34. The third-order valence-corrected chi connectivity index (χ3v) is 1.65. The van der Waals surface area contributed by atoms with E-state index in [-0.39, 0.29) is 11.7 Å². The molecule has 0 radical (unpaired) electrons. The van der Waals surface area contributed by atoms with E-state index in [1.165, 1.54) is 6.08 Å². The van der Waals surface area contributed by atoms with E-state index in [4.69, 9.17) is 11.1 Å². The molecule has 4 heteroatoms. The van der Waals surface area contributed by atoms with Crippen molar-refractivity contribution in [3.63, 3.8) is 0 Å². The van der Waals surface area contributed by atoms with Crippen LogP contribution in [0.2, 0.25) is 0 Å². The molecule has 0 spiro atoms. The summed E-state index contributed by atoms with van der Waals surface area (Å²) in [7, 11) is 0. The summed E-state index contributed by atoms with van der Waals surface area (Å²) in [5.41, 5.74) is 6.55. The number of nitrogens with two attached hydrogens (primary N) is 1. The standard InChI is InChI=1S/C10H11N3O/c1-2-9(14)13-8-5-3-7(4-6-8)10(11)12/h2-6H,1H2,(H3,11,12)(H,13,14). The first-order valence-electron chi connectivity index (χ1n) is 4.01. The topological polar surface area (TPSA) is 79.0 Å². The second-order valence-electron chi connectivity index (χ2n) is 2.68. The highest BCUT2D eigenvalue weighted by molar-refractivity contribution is 5.99. The number of carbonyl (C=O) groups is 1. The number of hydrogen-bond donors (Lipinski definition) is 3. The Morgan fingerprint density at radius 2 is 2.00 bits per heavy atom. The fraction of sp³-hybridized carbons (Fsp3) is 0. The molecule has 0 fully saturated rings. The van der Waals surface area contributed by atoms with Crippen molar-refractivity contribution in [3.05, 3.63) is 42.5 Å². The van der Waals surface area contributed by atoms with Crippen molar-refractivity contribution in [1.29, 1.82) is 5.41 Å². The van der Waals surface area contributed by atoms with Crippen molar-refractivity contribution in [2.75, 3.05) is 5.32 Å². The molecule has 0 aliphatic heterocycles. The van der Waals surface area contributed by atoms with Gasteiger partial charge < -0.3 is 11.1 Å². The van der Waals surface area contributed by atoms with Crippen molar-refractivity contribution in [2.24, 2.45) is 5.73 Å². The SMILES string of the molecule is C=CC(=O)Nc1ccc(C(=N)N)cc1. The van der Waals surface area contributed by atoms with Gasteiger partial charge >= 0.3 is 0 Å². The van der Waals surface area contributed by atoms with E-state index in [0.29, 0.717) is 11.3 Å². The number of hydrogen-bond acceptors (Lipinski definition) is 2. The highest BCUT2D eigenvalue weighted by Crippen LogP contribution is 2.08. The van der Waals surface area contributed by atoms with Gasteiger partial charge in [-0.2, -0.15) is 0 Å². The minimum atomic E-state index is -0.263. The summed E-state index contributed by atoms with van der Waals surface area (Å²) in [6, 6.07) is 6.69. The Morgan fingerprint density at radius 1 is 1.43 bits per heavy atom. The van der Waals surface area contributed by atoms with Gasteiger partial charge in [-0.1, -0.05) is 6.58 Å². The third-order valence-electron chi connectivity index (χ3n) is 1.65. The first-order valence-corrected chi connectivity index (χ1v) is 4.01. The average Bonchev–Trinajstić information content (AvgIpc) is 2.18. The van der Waals surface area contributed by atoms with Crippen molar-refractivity contribution < 1.29 is 4.79 Å². The summed E-state index contributed by atoms with van der Waals surface area (Å²) in [6.07, 6.45) is 1.19. The lowest BCUT2D eigenvalue weighted by Crippen LogP contribution is -2.11. The molecule has 1 rings (SSSR count). The molecule has 1 aromatic carbocycles. The molecule has 0 aliphatic rings. The second-order valence-corrected chi connectivity index (χ2v) is 2.68. The van der Waals surface area contributed by atoms with Crippen molar-refractivity contribution in [2.45, 2.75) is 0 Å². The van der Waals surface area contributed by atoms with Gasteiger partial charge in [0.15, 0.2) is 0 Å². The fourth-order valence-electron chi connectivity index (χ4n) is 0.926. The van der Waals surface area contributed by atoms with E-state index in [9.17, 15) is 4.79 Å². The second kappa shape index (κ2) is 4.23. The lowest BCUT2D eigenvalue weighted by molar-refractivity contribution is -0.111. The van der Waals surface area contributed by atoms with Crippen LogP contribution in [-0.2, 0) is 4.79 Å². The van der Waals surface area contributed by atoms with Crippen LogP contribution < -0.4 is 11.1 Å². The van der Waals surface area contributed by atoms with E-state index < -0.39 is 0 Å². The molecule has 14 heavy (non-hydrogen) atoms. The Hall–Kier alpha value is -2.10. The van der Waals surface area contributed by atoms with Crippen LogP contribution in [0.15, 0.2) is 36.9 Å². The Balaban J connectivity index is 2.78. The molecule has 72 valence electrons. The predicted molar refractivity (Wildman–Crippen MR) is 56.3 cm³/mol. The summed E-state index contributed by atoms with van der Waals surface area (Å²) in [5, 5.41) is 9.75. The average molecular weight is 189 g/mol. The van der Waals surface area contributed by atoms with Gasteiger partial charge in [-0.25, -0.2) is 0 Å². The lowest BCUT2D eigenvalue weighted by Gasteiger charge is -2.02. The van der Waals surface area contributed by atoms with Gasteiger partial charge in [0.2, 0.25) is 5.91 Å². The maximum absolute atomic E-state index is 10.9. The van der Waals surface area contributed by atoms with Crippen molar-refractivity contribution in [1.82, 2.24) is 0 Å². The smallest absolute Gasteiger partial charge is 0.247 e. The largest absolute Gasteiger partial charge is 0.384 e. The molecule has 4 N–H and O–H groups in total. The quantitative estimate of drug-likeness (QED) is 0.378. The molecule has 0 aliphatic carbocycles. The number of nitrogen functional groups attached to an aromatic ring is 1. The van der Waals surface area contributed by atoms with E-state index in [1.54, 1.807) is 24.3 Å². The molecular formula is C10H11N3O. The molecule has 0 heterocycles. The van der Waals surface area contributed by atoms with Gasteiger partial charge in [0.25, 0.3) is 0 Å². The zero-order chi connectivity index (χ0) is 10.6. The van der Waals surface area contributed by atoms with Crippen LogP contribution in [0.5, 0.6) is 0 Å². The number of benzene rings is 1. The maximum atomic E-state index is 10.9. The van der Waals surface area contributed by atoms with Gasteiger partial charge in [-0.3, -0.25) is 10.2 Å². The van der Waals surface area contributed by atoms with E-state index in [2.05, 4.69) is 11.9 Å². The minimum absolute atomic E-state index is 0.00611. The van der Waals surface area contributed by atoms with Crippen LogP contribution in [0.4, 0.5) is 5.69 Å². The van der Waals surface area contributed by atoms with Gasteiger partial charge in [0, 0.05) is 11.3 Å². The summed E-state index contributed by atoms with van der Waals surface area (Å²) < 4.78 is 0. The van der Waals surface area contributed by atoms with Crippen LogP contribution in [-0.4, -0.2) is 11.7 Å². The fourth-order valence-corrected chi connectivity index (χ4v) is 0.926. The van der Waals surface area contributed by atoms with Crippen molar-refractivity contribution >= 4 is 17.4 Å². The molecule has 0 saturated heterocycles. The zero-order valence-electron chi connectivity index (χ0n) is 7.58. The molecule has 0 unspecified atom stereocenters. The first-order chi connectivity index (χ1) is 6.63. The van der Waals surface area contributed by atoms with Gasteiger partial charge in [0.1, 0.15) is 5.84 Å². The summed E-state index contributed by atoms with van der Waals surface area (Å²) in [5.74, 6) is -0.257. The number of nitrogens with one attached hydrogen (secondary N) is 2. The van der Waals surface area contributed by atoms with Crippen LogP contribution in [0.1, 0.15) is 5.56 Å². The molecule has 1 amide bonds. The minimum Gasteiger partial charge on any atom is -0.384 e. The molecule has 0 aromatic heterocycles. The highest BCUT2D eigenvalue weighted by Gasteiger charge is 1.98. The molecular weight excluding hydrogens is 178 g/mol. The highest BCUT2D eigenvalue weighted by atomic mass is 16.1. The number of anilines is 1. The van der Waals surface area contributed by atoms with Crippen LogP contribution >= 0.6 is 0 Å². The molecule has 0 bridgehead atoms. The molecule has 4 nitrogen and oxygen atoms in total. The van der Waals surface area contributed by atoms with E-state index >= 15 is 0 Å². The van der Waals surface area contributed by atoms with Crippen LogP contribution in [0.3, 0.4) is 0 Å². The van der Waals surface area contributed by atoms with E-state index in [0.717, 1.165) is 0 Å². The lowest BCUT2D eigenvalue weighted by atomic mass is 10.2. The Kier molecular flexibility index (Phi) is 3.01. The normalized spacial score (nSPS) is 9.14. The van der Waals surface area contributed by atoms with Gasteiger partial charge in [-0.05, 0) is 30.3 Å². The Labute approximate surface area is 81.9 Å². The molecule has 1 aromatic rings. The number of rotatable bonds is 3. The van der Waals surface area contributed by atoms with Crippen LogP contribution in [0, 0.1) is 5.41 Å². The number of amidine groups is 1. The predicted octanol–water partition coefficient (Wildman–Crippen LogP) is 1.10. The molecule has 0 saturated carbocycles. The summed E-state index contributed by atoms with van der Waals surface area (Å²) >= 11 is 0. The van der Waals surface area contributed by atoms with Crippen molar-refractivity contribution in [3.8, 4) is 0 Å². The monoisotopic (exact) mass is 189 g/mol. The summed E-state index contributed by atoms with van der Waals surface area (Å²) in [4.78, 5) is 10.9. The first kappa shape index (κ1) is 9.98. The maximum Gasteiger partial charge on any atom is 0.247 e. The number of amides is 1. The Bertz CT molecular complexity index is 367. The molecule has 0 atom stereocenters. The zero-order valence-corrected chi connectivity index (χ0v) is 7.58. The number of carbonyl (C=O) groups excluding carboxylic acids is 1.